The summed E-state index contributed by atoms with van der Waals surface area (Å²) >= 11 is 1.23. The predicted molar refractivity (Wildman–Crippen MR) is 122 cm³/mol. The van der Waals surface area contributed by atoms with Crippen molar-refractivity contribution in [2.75, 3.05) is 5.32 Å². The van der Waals surface area contributed by atoms with Gasteiger partial charge < -0.3 is 5.32 Å². The van der Waals surface area contributed by atoms with Crippen LogP contribution in [0.2, 0.25) is 0 Å². The summed E-state index contributed by atoms with van der Waals surface area (Å²) in [5.74, 6) is 1.41. The van der Waals surface area contributed by atoms with E-state index in [1.165, 1.54) is 29.8 Å². The molecule has 5 aromatic rings. The van der Waals surface area contributed by atoms with Crippen LogP contribution in [0.1, 0.15) is 21.2 Å². The van der Waals surface area contributed by atoms with Crippen LogP contribution in [0.3, 0.4) is 0 Å². The lowest BCUT2D eigenvalue weighted by Gasteiger charge is -2.07. The normalized spacial score (nSPS) is 11.1. The van der Waals surface area contributed by atoms with Gasteiger partial charge in [-0.25, -0.2) is 19.9 Å². The predicted octanol–water partition coefficient (Wildman–Crippen LogP) is 3.82. The number of carbonyl (C=O) groups excluding carboxylic acids is 1. The molecule has 164 valence electrons. The number of hydrogen-bond donors (Lipinski definition) is 1. The molecule has 0 aliphatic carbocycles. The van der Waals surface area contributed by atoms with E-state index in [0.29, 0.717) is 38.4 Å². The quantitative estimate of drug-likeness (QED) is 0.311. The van der Waals surface area contributed by atoms with Crippen LogP contribution in [-0.2, 0) is 0 Å². The number of carbonyl (C=O) groups is 1. The third-order valence-electron chi connectivity index (χ3n) is 5.08. The molecule has 1 aromatic carbocycles. The average Bonchev–Trinajstić information content (AvgIpc) is 3.50. The number of anilines is 1. The van der Waals surface area contributed by atoms with E-state index in [9.17, 15) is 14.9 Å². The Hall–Kier alpha value is -4.45. The van der Waals surface area contributed by atoms with E-state index in [2.05, 4.69) is 25.3 Å². The summed E-state index contributed by atoms with van der Waals surface area (Å²) in [7, 11) is 0. The molecule has 4 aromatic heterocycles. The highest BCUT2D eigenvalue weighted by molar-refractivity contribution is 7.19. The lowest BCUT2D eigenvalue weighted by molar-refractivity contribution is -0.384. The molecule has 11 nitrogen and oxygen atoms in total. The van der Waals surface area contributed by atoms with Crippen molar-refractivity contribution < 1.29 is 9.72 Å². The fourth-order valence-corrected chi connectivity index (χ4v) is 4.42. The van der Waals surface area contributed by atoms with Gasteiger partial charge in [0.2, 0.25) is 0 Å². The van der Waals surface area contributed by atoms with Gasteiger partial charge in [0.1, 0.15) is 28.7 Å². The van der Waals surface area contributed by atoms with Crippen LogP contribution >= 0.6 is 11.3 Å². The molecule has 0 spiro atoms. The number of hydrogen-bond acceptors (Lipinski definition) is 8. The highest BCUT2D eigenvalue weighted by atomic mass is 32.1. The first-order valence-electron chi connectivity index (χ1n) is 9.78. The molecule has 5 rings (SSSR count). The Labute approximate surface area is 190 Å². The number of nitrogens with one attached hydrogen (secondary N) is 1. The van der Waals surface area contributed by atoms with Gasteiger partial charge in [0.25, 0.3) is 11.6 Å². The van der Waals surface area contributed by atoms with E-state index >= 15 is 0 Å². The fraction of sp³-hybridized carbons (Fsp3) is 0.0952. The van der Waals surface area contributed by atoms with Crippen molar-refractivity contribution >= 4 is 33.7 Å². The molecule has 0 fully saturated rings. The van der Waals surface area contributed by atoms with Crippen molar-refractivity contribution in [1.29, 1.82) is 0 Å². The first kappa shape index (κ1) is 20.5. The van der Waals surface area contributed by atoms with Crippen LogP contribution in [0.25, 0.3) is 22.0 Å². The third-order valence-corrected chi connectivity index (χ3v) is 6.24. The zero-order chi connectivity index (χ0) is 23.1. The molecule has 0 saturated heterocycles. The molecular formula is C21H16N8O3S. The van der Waals surface area contributed by atoms with Gasteiger partial charge in [0.15, 0.2) is 4.96 Å². The number of aromatic nitrogens is 6. The molecule has 0 bridgehead atoms. The molecule has 0 saturated carbocycles. The van der Waals surface area contributed by atoms with Gasteiger partial charge in [-0.15, -0.1) is 0 Å². The van der Waals surface area contributed by atoms with Crippen molar-refractivity contribution in [2.45, 2.75) is 13.8 Å². The van der Waals surface area contributed by atoms with Crippen molar-refractivity contribution in [2.24, 2.45) is 0 Å². The summed E-state index contributed by atoms with van der Waals surface area (Å²) in [6.07, 6.45) is 6.59. The van der Waals surface area contributed by atoms with Gasteiger partial charge in [-0.1, -0.05) is 23.5 Å². The Balaban J connectivity index is 1.42. The zero-order valence-electron chi connectivity index (χ0n) is 17.5. The Bertz CT molecular complexity index is 1530. The maximum absolute atomic E-state index is 12.9. The minimum atomic E-state index is -0.442. The smallest absolute Gasteiger partial charge is 0.270 e. The topological polar surface area (TPSA) is 133 Å². The van der Waals surface area contributed by atoms with E-state index in [1.807, 2.05) is 13.8 Å². The molecule has 1 N–H and O–H groups in total. The van der Waals surface area contributed by atoms with E-state index in [-0.39, 0.29) is 11.6 Å². The molecular weight excluding hydrogens is 444 g/mol. The molecule has 12 heteroatoms. The summed E-state index contributed by atoms with van der Waals surface area (Å²) in [6.45, 7) is 3.67. The van der Waals surface area contributed by atoms with Crippen molar-refractivity contribution in [3.8, 4) is 17.1 Å². The molecule has 4 heterocycles. The number of aryl methyl sites for hydroxylation is 2. The number of amides is 1. The standard InChI is InChI=1S/C21H16N8O3S/c1-12-19(20(30)26-17-9-18(24-11-23-17)27-7-6-22-13(27)2)33-21-25-16(10-28(12)21)14-4-3-5-15(8-14)29(31)32/h3-11H,1-2H3,(H,23,24,26,30). The summed E-state index contributed by atoms with van der Waals surface area (Å²) in [5.41, 5.74) is 1.93. The highest BCUT2D eigenvalue weighted by Gasteiger charge is 2.19. The van der Waals surface area contributed by atoms with Crippen molar-refractivity contribution in [3.05, 3.63) is 81.8 Å². The van der Waals surface area contributed by atoms with Crippen LogP contribution in [0, 0.1) is 24.0 Å². The summed E-state index contributed by atoms with van der Waals surface area (Å²) in [4.78, 5) is 41.8. The summed E-state index contributed by atoms with van der Waals surface area (Å²) < 4.78 is 3.59. The maximum Gasteiger partial charge on any atom is 0.270 e. The van der Waals surface area contributed by atoms with Crippen LogP contribution in [0.15, 0.2) is 55.2 Å². The molecule has 0 atom stereocenters. The fourth-order valence-electron chi connectivity index (χ4n) is 3.42. The second-order valence-corrected chi connectivity index (χ2v) is 8.14. The van der Waals surface area contributed by atoms with Gasteiger partial charge in [0, 0.05) is 48.0 Å². The Kier molecular flexibility index (Phi) is 4.90. The molecule has 0 radical (unpaired) electrons. The minimum absolute atomic E-state index is 0.00394. The maximum atomic E-state index is 12.9. The van der Waals surface area contributed by atoms with E-state index < -0.39 is 4.92 Å². The number of nitro groups is 1. The lowest BCUT2D eigenvalue weighted by Crippen LogP contribution is -2.14. The number of fused-ring (bicyclic) bond motifs is 1. The Morgan fingerprint density at radius 3 is 2.76 bits per heavy atom. The summed E-state index contributed by atoms with van der Waals surface area (Å²) in [5, 5.41) is 13.9. The number of nitro benzene ring substituents is 1. The average molecular weight is 460 g/mol. The number of thiazole rings is 1. The van der Waals surface area contributed by atoms with Gasteiger partial charge in [-0.3, -0.25) is 23.9 Å². The second kappa shape index (κ2) is 7.91. The first-order valence-corrected chi connectivity index (χ1v) is 10.6. The lowest BCUT2D eigenvalue weighted by atomic mass is 10.1. The van der Waals surface area contributed by atoms with Crippen molar-refractivity contribution in [1.82, 2.24) is 28.9 Å². The van der Waals surface area contributed by atoms with E-state index in [0.717, 1.165) is 5.82 Å². The van der Waals surface area contributed by atoms with E-state index in [4.69, 9.17) is 0 Å². The van der Waals surface area contributed by atoms with Crippen LogP contribution in [-0.4, -0.2) is 39.7 Å². The van der Waals surface area contributed by atoms with Crippen LogP contribution in [0.4, 0.5) is 11.5 Å². The van der Waals surface area contributed by atoms with Crippen LogP contribution in [0.5, 0.6) is 0 Å². The minimum Gasteiger partial charge on any atom is -0.306 e. The number of imidazole rings is 2. The van der Waals surface area contributed by atoms with Gasteiger partial charge in [-0.05, 0) is 13.8 Å². The number of benzene rings is 1. The summed E-state index contributed by atoms with van der Waals surface area (Å²) in [6, 6.07) is 7.96. The third kappa shape index (κ3) is 3.72. The van der Waals surface area contributed by atoms with Gasteiger partial charge in [-0.2, -0.15) is 0 Å². The van der Waals surface area contributed by atoms with E-state index in [1.54, 1.807) is 45.8 Å². The molecule has 0 aliphatic rings. The zero-order valence-corrected chi connectivity index (χ0v) is 18.3. The van der Waals surface area contributed by atoms with Crippen molar-refractivity contribution in [3.63, 3.8) is 0 Å². The number of rotatable bonds is 5. The monoisotopic (exact) mass is 460 g/mol. The molecule has 0 unspecified atom stereocenters. The van der Waals surface area contributed by atoms with Gasteiger partial charge in [0.05, 0.1) is 10.6 Å². The van der Waals surface area contributed by atoms with Crippen LogP contribution < -0.4 is 5.32 Å². The van der Waals surface area contributed by atoms with Gasteiger partial charge >= 0.3 is 0 Å². The molecule has 1 amide bonds. The SMILES string of the molecule is Cc1nccn1-c1cc(NC(=O)c2sc3nc(-c4cccc([N+](=O)[O-])c4)cn3c2C)ncn1. The Morgan fingerprint density at radius 1 is 1.18 bits per heavy atom. The molecule has 0 aliphatic heterocycles. The number of non-ortho nitro benzene ring substituents is 1. The number of nitrogens with zero attached hydrogens (tertiary/aromatic N) is 7. The Morgan fingerprint density at radius 2 is 2.03 bits per heavy atom. The second-order valence-electron chi connectivity index (χ2n) is 7.16. The largest absolute Gasteiger partial charge is 0.306 e. The highest BCUT2D eigenvalue weighted by Crippen LogP contribution is 2.29. The molecule has 33 heavy (non-hydrogen) atoms. The first-order chi connectivity index (χ1) is 15.9.